The highest BCUT2D eigenvalue weighted by Gasteiger charge is 2.18. The fourth-order valence-corrected chi connectivity index (χ4v) is 1.87. The molecule has 1 N–H and O–H groups in total. The van der Waals surface area contributed by atoms with Crippen LogP contribution in [0, 0.1) is 10.1 Å². The molecule has 3 rings (SSSR count). The minimum atomic E-state index is -0.692. The van der Waals surface area contributed by atoms with E-state index in [1.54, 1.807) is 12.1 Å². The van der Waals surface area contributed by atoms with Gasteiger partial charge in [-0.1, -0.05) is 6.07 Å². The first-order chi connectivity index (χ1) is 9.66. The van der Waals surface area contributed by atoms with Gasteiger partial charge in [0.25, 0.3) is 5.69 Å². The highest BCUT2D eigenvalue weighted by molar-refractivity contribution is 5.94. The second kappa shape index (κ2) is 4.50. The molecule has 2 heterocycles. The number of nitrogens with zero attached hydrogens (tertiary/aromatic N) is 3. The zero-order valence-electron chi connectivity index (χ0n) is 10.0. The second-order valence-electron chi connectivity index (χ2n) is 3.93. The third-order valence-electron chi connectivity index (χ3n) is 2.74. The third kappa shape index (κ3) is 1.88. The van der Waals surface area contributed by atoms with Crippen LogP contribution in [-0.4, -0.2) is 25.8 Å². The molecule has 0 aliphatic rings. The molecule has 3 aromatic rings. The zero-order valence-corrected chi connectivity index (χ0v) is 10.0. The monoisotopic (exact) mass is 272 g/mol. The van der Waals surface area contributed by atoms with Gasteiger partial charge in [0.05, 0.1) is 4.92 Å². The van der Waals surface area contributed by atoms with Crippen LogP contribution in [0.3, 0.4) is 0 Å². The summed E-state index contributed by atoms with van der Waals surface area (Å²) < 4.78 is 6.18. The van der Waals surface area contributed by atoms with Crippen LogP contribution < -0.4 is 4.74 Å². The van der Waals surface area contributed by atoms with Crippen molar-refractivity contribution in [2.24, 2.45) is 0 Å². The van der Waals surface area contributed by atoms with E-state index in [2.05, 4.69) is 10.1 Å². The zero-order chi connectivity index (χ0) is 14.1. The number of nitrogens with one attached hydrogen (secondary N) is 1. The molecule has 8 heteroatoms. The molecule has 0 fully saturated rings. The first-order valence-electron chi connectivity index (χ1n) is 5.63. The molecule has 0 atom stereocenters. The number of carbonyl (C=O) groups is 1. The van der Waals surface area contributed by atoms with Crippen LogP contribution in [0.1, 0.15) is 0 Å². The average Bonchev–Trinajstić information content (AvgIpc) is 3.08. The molecular weight excluding hydrogens is 264 g/mol. The van der Waals surface area contributed by atoms with Gasteiger partial charge in [0, 0.05) is 30.0 Å². The molecule has 0 saturated carbocycles. The maximum absolute atomic E-state index is 11.8. The van der Waals surface area contributed by atoms with E-state index >= 15 is 0 Å². The Kier molecular flexibility index (Phi) is 2.68. The summed E-state index contributed by atoms with van der Waals surface area (Å²) in [5.41, 5.74) is 0.227. The standard InChI is InChI=1S/C12H8N4O4/c17-12(15-6-2-5-14-15)20-10-7-13-11-8(10)3-1-4-9(11)16(18)19/h1-7,13H. The lowest BCUT2D eigenvalue weighted by Crippen LogP contribution is -2.16. The van der Waals surface area contributed by atoms with Crippen molar-refractivity contribution < 1.29 is 14.5 Å². The third-order valence-corrected chi connectivity index (χ3v) is 2.74. The summed E-state index contributed by atoms with van der Waals surface area (Å²) in [7, 11) is 0. The van der Waals surface area contributed by atoms with Gasteiger partial charge in [0.2, 0.25) is 0 Å². The lowest BCUT2D eigenvalue weighted by Gasteiger charge is -2.01. The number of rotatable bonds is 2. The van der Waals surface area contributed by atoms with Gasteiger partial charge in [0.15, 0.2) is 5.75 Å². The summed E-state index contributed by atoms with van der Waals surface area (Å²) in [6.45, 7) is 0. The van der Waals surface area contributed by atoms with Gasteiger partial charge in [-0.3, -0.25) is 10.1 Å². The van der Waals surface area contributed by atoms with Gasteiger partial charge < -0.3 is 9.72 Å². The Morgan fingerprint density at radius 2 is 2.25 bits per heavy atom. The lowest BCUT2D eigenvalue weighted by molar-refractivity contribution is -0.383. The van der Waals surface area contributed by atoms with E-state index in [1.165, 1.54) is 30.7 Å². The summed E-state index contributed by atoms with van der Waals surface area (Å²) in [6.07, 6.45) is 3.60. The molecule has 100 valence electrons. The van der Waals surface area contributed by atoms with Crippen LogP contribution >= 0.6 is 0 Å². The van der Waals surface area contributed by atoms with Crippen molar-refractivity contribution in [2.45, 2.75) is 0 Å². The summed E-state index contributed by atoms with van der Waals surface area (Å²) >= 11 is 0. The van der Waals surface area contributed by atoms with Crippen molar-refractivity contribution in [3.05, 3.63) is 53.0 Å². The smallest absolute Gasteiger partial charge is 0.406 e. The first kappa shape index (κ1) is 11.9. The highest BCUT2D eigenvalue weighted by atomic mass is 16.6. The number of benzene rings is 1. The van der Waals surface area contributed by atoms with E-state index < -0.39 is 11.0 Å². The van der Waals surface area contributed by atoms with Crippen molar-refractivity contribution in [3.8, 4) is 5.75 Å². The number of nitro benzene ring substituents is 1. The predicted molar refractivity (Wildman–Crippen MR) is 68.6 cm³/mol. The average molecular weight is 272 g/mol. The Morgan fingerprint density at radius 1 is 1.40 bits per heavy atom. The molecule has 0 saturated heterocycles. The maximum Gasteiger partial charge on any atom is 0.440 e. The summed E-state index contributed by atoms with van der Waals surface area (Å²) in [5, 5.41) is 15.1. The van der Waals surface area contributed by atoms with Crippen LogP contribution in [0.5, 0.6) is 5.75 Å². The molecular formula is C12H8N4O4. The minimum absolute atomic E-state index is 0.0797. The molecule has 0 spiro atoms. The fraction of sp³-hybridized carbons (Fsp3) is 0. The fourth-order valence-electron chi connectivity index (χ4n) is 1.87. The van der Waals surface area contributed by atoms with Crippen molar-refractivity contribution in [3.63, 3.8) is 0 Å². The quantitative estimate of drug-likeness (QED) is 0.569. The van der Waals surface area contributed by atoms with Gasteiger partial charge in [-0.05, 0) is 12.1 Å². The lowest BCUT2D eigenvalue weighted by atomic mass is 10.2. The predicted octanol–water partition coefficient (Wildman–Crippen LogP) is 2.32. The Balaban J connectivity index is 1.99. The number of hydrogen-bond donors (Lipinski definition) is 1. The van der Waals surface area contributed by atoms with Gasteiger partial charge in [0.1, 0.15) is 5.52 Å². The molecule has 0 amide bonds. The summed E-state index contributed by atoms with van der Waals surface area (Å²) in [6, 6.07) is 6.11. The number of nitro groups is 1. The molecule has 0 unspecified atom stereocenters. The maximum atomic E-state index is 11.8. The van der Waals surface area contributed by atoms with Gasteiger partial charge in [-0.15, -0.1) is 0 Å². The molecule has 20 heavy (non-hydrogen) atoms. The number of fused-ring (bicyclic) bond motifs is 1. The van der Waals surface area contributed by atoms with Gasteiger partial charge in [-0.2, -0.15) is 9.78 Å². The van der Waals surface area contributed by atoms with Crippen molar-refractivity contribution in [1.29, 1.82) is 0 Å². The van der Waals surface area contributed by atoms with Crippen LogP contribution in [0.2, 0.25) is 0 Å². The summed E-state index contributed by atoms with van der Waals surface area (Å²) in [4.78, 5) is 24.9. The molecule has 0 bridgehead atoms. The van der Waals surface area contributed by atoms with Gasteiger partial charge in [-0.25, -0.2) is 4.79 Å². The molecule has 0 aliphatic carbocycles. The Morgan fingerprint density at radius 3 is 2.95 bits per heavy atom. The van der Waals surface area contributed by atoms with E-state index in [0.717, 1.165) is 4.68 Å². The number of aromatic amines is 1. The van der Waals surface area contributed by atoms with E-state index in [0.29, 0.717) is 10.9 Å². The number of H-pyrrole nitrogens is 1. The van der Waals surface area contributed by atoms with Crippen molar-refractivity contribution >= 4 is 22.7 Å². The number of ether oxygens (including phenoxy) is 1. The largest absolute Gasteiger partial charge is 0.440 e. The molecule has 0 aliphatic heterocycles. The highest BCUT2D eigenvalue weighted by Crippen LogP contribution is 2.31. The normalized spacial score (nSPS) is 10.6. The number of hydrogen-bond acceptors (Lipinski definition) is 5. The van der Waals surface area contributed by atoms with Crippen molar-refractivity contribution in [1.82, 2.24) is 14.8 Å². The molecule has 1 aromatic carbocycles. The SMILES string of the molecule is O=C(Oc1c[nH]c2c([N+](=O)[O-])cccc12)n1cccn1. The molecule has 0 radical (unpaired) electrons. The first-order valence-corrected chi connectivity index (χ1v) is 5.63. The van der Waals surface area contributed by atoms with E-state index in [4.69, 9.17) is 4.74 Å². The van der Waals surface area contributed by atoms with Gasteiger partial charge >= 0.3 is 6.09 Å². The van der Waals surface area contributed by atoms with Crippen molar-refractivity contribution in [2.75, 3.05) is 0 Å². The van der Waals surface area contributed by atoms with Crippen LogP contribution in [0.25, 0.3) is 10.9 Å². The number of aromatic nitrogens is 3. The van der Waals surface area contributed by atoms with E-state index in [-0.39, 0.29) is 11.4 Å². The Labute approximate surface area is 111 Å². The summed E-state index contributed by atoms with van der Waals surface area (Å²) in [5.74, 6) is 0.212. The van der Waals surface area contributed by atoms with Crippen LogP contribution in [0.4, 0.5) is 10.5 Å². The number of para-hydroxylation sites is 1. The van der Waals surface area contributed by atoms with Crippen LogP contribution in [-0.2, 0) is 0 Å². The molecule has 8 nitrogen and oxygen atoms in total. The topological polar surface area (TPSA) is 103 Å². The van der Waals surface area contributed by atoms with Crippen LogP contribution in [0.15, 0.2) is 42.9 Å². The number of non-ortho nitro benzene ring substituents is 1. The Bertz CT molecular complexity index is 791. The van der Waals surface area contributed by atoms with E-state index in [9.17, 15) is 14.9 Å². The Hall–Kier alpha value is -3.16. The second-order valence-corrected chi connectivity index (χ2v) is 3.93. The van der Waals surface area contributed by atoms with E-state index in [1.807, 2.05) is 0 Å². The minimum Gasteiger partial charge on any atom is -0.406 e. The molecule has 2 aromatic heterocycles. The number of carbonyl (C=O) groups excluding carboxylic acids is 1.